The molecule has 0 aliphatic rings. The van der Waals surface area contributed by atoms with Gasteiger partial charge >= 0.3 is 6.18 Å². The van der Waals surface area contributed by atoms with Crippen LogP contribution in [0.1, 0.15) is 16.9 Å². The smallest absolute Gasteiger partial charge is 0.417 e. The number of amides is 1. The number of furan rings is 1. The van der Waals surface area contributed by atoms with Gasteiger partial charge in [0.2, 0.25) is 0 Å². The lowest BCUT2D eigenvalue weighted by Gasteiger charge is -2.09. The number of benzene rings is 2. The Bertz CT molecular complexity index is 1020. The van der Waals surface area contributed by atoms with E-state index in [2.05, 4.69) is 10.3 Å². The highest BCUT2D eigenvalue weighted by molar-refractivity contribution is 6.31. The van der Waals surface area contributed by atoms with Crippen LogP contribution in [-0.2, 0) is 17.5 Å². The van der Waals surface area contributed by atoms with E-state index in [1.54, 1.807) is 36.4 Å². The molecule has 3 rings (SSSR count). The SMILES string of the molecule is O=C(COc1ccc(C=Nc2ccc(Cl)c(C(F)(F)F)c2)cc1)NCc1ccco1. The van der Waals surface area contributed by atoms with Crippen LogP contribution in [0.4, 0.5) is 18.9 Å². The Morgan fingerprint density at radius 3 is 2.60 bits per heavy atom. The van der Waals surface area contributed by atoms with Crippen molar-refractivity contribution < 1.29 is 27.1 Å². The predicted octanol–water partition coefficient (Wildman–Crippen LogP) is 5.40. The molecule has 0 radical (unpaired) electrons. The Labute approximate surface area is 175 Å². The summed E-state index contributed by atoms with van der Waals surface area (Å²) in [6, 6.07) is 13.5. The highest BCUT2D eigenvalue weighted by Crippen LogP contribution is 2.36. The van der Waals surface area contributed by atoms with Gasteiger partial charge in [-0.15, -0.1) is 0 Å². The average molecular weight is 437 g/mol. The van der Waals surface area contributed by atoms with Crippen LogP contribution >= 0.6 is 11.6 Å². The van der Waals surface area contributed by atoms with Crippen molar-refractivity contribution in [3.05, 3.63) is 82.8 Å². The van der Waals surface area contributed by atoms with E-state index >= 15 is 0 Å². The molecule has 0 saturated heterocycles. The molecule has 30 heavy (non-hydrogen) atoms. The van der Waals surface area contributed by atoms with E-state index in [1.165, 1.54) is 18.5 Å². The number of carbonyl (C=O) groups excluding carboxylic acids is 1. The summed E-state index contributed by atoms with van der Waals surface area (Å²) in [6.45, 7) is 0.102. The molecule has 0 aliphatic carbocycles. The van der Waals surface area contributed by atoms with Gasteiger partial charge in [0.1, 0.15) is 11.5 Å². The third kappa shape index (κ3) is 6.12. The molecule has 156 valence electrons. The molecular formula is C21H16ClF3N2O3. The molecule has 5 nitrogen and oxygen atoms in total. The average Bonchev–Trinajstić information content (AvgIpc) is 3.24. The Kier molecular flexibility index (Phi) is 6.79. The van der Waals surface area contributed by atoms with E-state index in [4.69, 9.17) is 20.8 Å². The molecule has 0 spiro atoms. The minimum Gasteiger partial charge on any atom is -0.484 e. The fraction of sp³-hybridized carbons (Fsp3) is 0.143. The number of hydrogen-bond acceptors (Lipinski definition) is 4. The fourth-order valence-corrected chi connectivity index (χ4v) is 2.63. The molecular weight excluding hydrogens is 421 g/mol. The maximum Gasteiger partial charge on any atom is 0.417 e. The lowest BCUT2D eigenvalue weighted by molar-refractivity contribution is -0.137. The van der Waals surface area contributed by atoms with Crippen molar-refractivity contribution in [2.24, 2.45) is 4.99 Å². The van der Waals surface area contributed by atoms with Gasteiger partial charge in [-0.2, -0.15) is 13.2 Å². The van der Waals surface area contributed by atoms with Gasteiger partial charge in [0.25, 0.3) is 5.91 Å². The van der Waals surface area contributed by atoms with Crippen LogP contribution in [0.15, 0.2) is 70.3 Å². The minimum absolute atomic E-state index is 0.125. The first-order valence-corrected chi connectivity index (χ1v) is 9.12. The molecule has 0 unspecified atom stereocenters. The summed E-state index contributed by atoms with van der Waals surface area (Å²) < 4.78 is 49.2. The Morgan fingerprint density at radius 2 is 1.93 bits per heavy atom. The van der Waals surface area contributed by atoms with Crippen LogP contribution in [-0.4, -0.2) is 18.7 Å². The van der Waals surface area contributed by atoms with Crippen LogP contribution in [0, 0.1) is 0 Å². The normalized spacial score (nSPS) is 11.6. The lowest BCUT2D eigenvalue weighted by atomic mass is 10.2. The number of carbonyl (C=O) groups is 1. The van der Waals surface area contributed by atoms with Gasteiger partial charge in [0.05, 0.1) is 29.1 Å². The van der Waals surface area contributed by atoms with Crippen molar-refractivity contribution in [3.63, 3.8) is 0 Å². The Hall–Kier alpha value is -3.26. The second-order valence-electron chi connectivity index (χ2n) is 6.13. The zero-order valence-electron chi connectivity index (χ0n) is 15.4. The first kappa shape index (κ1) is 21.4. The summed E-state index contributed by atoms with van der Waals surface area (Å²) in [5.41, 5.74) is -0.165. The number of halogens is 4. The number of hydrogen-bond donors (Lipinski definition) is 1. The van der Waals surface area contributed by atoms with E-state index < -0.39 is 11.7 Å². The van der Waals surface area contributed by atoms with Gasteiger partial charge in [-0.25, -0.2) is 0 Å². The van der Waals surface area contributed by atoms with Crippen LogP contribution in [0.5, 0.6) is 5.75 Å². The van der Waals surface area contributed by atoms with Crippen LogP contribution in [0.2, 0.25) is 5.02 Å². The molecule has 1 amide bonds. The molecule has 0 fully saturated rings. The quantitative estimate of drug-likeness (QED) is 0.504. The first-order valence-electron chi connectivity index (χ1n) is 8.74. The summed E-state index contributed by atoms with van der Waals surface area (Å²) in [4.78, 5) is 15.8. The standard InChI is InChI=1S/C21H16ClF3N2O3/c22-19-8-5-15(10-18(19)21(23,24)25)26-11-14-3-6-16(7-4-14)30-13-20(28)27-12-17-2-1-9-29-17/h1-11H,12-13H2,(H,27,28). The maximum atomic E-state index is 12.9. The maximum absolute atomic E-state index is 12.9. The van der Waals surface area contributed by atoms with E-state index in [9.17, 15) is 18.0 Å². The summed E-state index contributed by atoms with van der Waals surface area (Å²) in [7, 11) is 0. The summed E-state index contributed by atoms with van der Waals surface area (Å²) in [6.07, 6.45) is -1.61. The van der Waals surface area contributed by atoms with E-state index in [0.29, 0.717) is 17.1 Å². The van der Waals surface area contributed by atoms with E-state index in [0.717, 1.165) is 12.1 Å². The first-order chi connectivity index (χ1) is 14.3. The second-order valence-corrected chi connectivity index (χ2v) is 6.54. The topological polar surface area (TPSA) is 63.8 Å². The highest BCUT2D eigenvalue weighted by atomic mass is 35.5. The van der Waals surface area contributed by atoms with Crippen molar-refractivity contribution in [2.45, 2.75) is 12.7 Å². The Morgan fingerprint density at radius 1 is 1.17 bits per heavy atom. The minimum atomic E-state index is -4.55. The second kappa shape index (κ2) is 9.49. The third-order valence-corrected chi connectivity index (χ3v) is 4.24. The molecule has 1 aromatic heterocycles. The van der Waals surface area contributed by atoms with Crippen molar-refractivity contribution in [3.8, 4) is 5.75 Å². The third-order valence-electron chi connectivity index (χ3n) is 3.91. The molecule has 0 aliphatic heterocycles. The van der Waals surface area contributed by atoms with E-state index in [1.807, 2.05) is 0 Å². The monoisotopic (exact) mass is 436 g/mol. The summed E-state index contributed by atoms with van der Waals surface area (Å²) >= 11 is 5.59. The zero-order valence-corrected chi connectivity index (χ0v) is 16.2. The van der Waals surface area contributed by atoms with Gasteiger partial charge in [0, 0.05) is 6.21 Å². The largest absolute Gasteiger partial charge is 0.484 e. The molecule has 0 bridgehead atoms. The van der Waals surface area contributed by atoms with Crippen molar-refractivity contribution in [1.82, 2.24) is 5.32 Å². The zero-order chi connectivity index (χ0) is 21.6. The number of aliphatic imine (C=N–C) groups is 1. The van der Waals surface area contributed by atoms with E-state index in [-0.39, 0.29) is 29.8 Å². The van der Waals surface area contributed by atoms with Gasteiger partial charge in [0.15, 0.2) is 6.61 Å². The van der Waals surface area contributed by atoms with Gasteiger partial charge in [-0.3, -0.25) is 9.79 Å². The number of ether oxygens (including phenoxy) is 1. The van der Waals surface area contributed by atoms with Crippen LogP contribution in [0.25, 0.3) is 0 Å². The summed E-state index contributed by atoms with van der Waals surface area (Å²) in [5, 5.41) is 2.28. The Balaban J connectivity index is 1.53. The molecule has 0 saturated carbocycles. The molecule has 9 heteroatoms. The lowest BCUT2D eigenvalue weighted by Crippen LogP contribution is -2.28. The molecule has 3 aromatic rings. The predicted molar refractivity (Wildman–Crippen MR) is 106 cm³/mol. The van der Waals surface area contributed by atoms with Gasteiger partial charge in [-0.05, 0) is 60.2 Å². The fourth-order valence-electron chi connectivity index (χ4n) is 2.41. The van der Waals surface area contributed by atoms with Crippen molar-refractivity contribution >= 4 is 29.4 Å². The number of alkyl halides is 3. The van der Waals surface area contributed by atoms with Gasteiger partial charge in [-0.1, -0.05) is 11.6 Å². The number of nitrogens with one attached hydrogen (secondary N) is 1. The van der Waals surface area contributed by atoms with Gasteiger partial charge < -0.3 is 14.5 Å². The summed E-state index contributed by atoms with van der Waals surface area (Å²) in [5.74, 6) is 0.793. The molecule has 0 atom stereocenters. The van der Waals surface area contributed by atoms with Crippen LogP contribution < -0.4 is 10.1 Å². The van der Waals surface area contributed by atoms with Crippen molar-refractivity contribution in [1.29, 1.82) is 0 Å². The highest BCUT2D eigenvalue weighted by Gasteiger charge is 2.33. The van der Waals surface area contributed by atoms with Crippen LogP contribution in [0.3, 0.4) is 0 Å². The van der Waals surface area contributed by atoms with Crippen molar-refractivity contribution in [2.75, 3.05) is 6.61 Å². The molecule has 1 heterocycles. The number of rotatable bonds is 7. The number of nitrogens with zero attached hydrogens (tertiary/aromatic N) is 1. The molecule has 1 N–H and O–H groups in total. The molecule has 2 aromatic carbocycles.